The number of nitrogens with zero attached hydrogens (tertiary/aromatic N) is 2. The molecule has 16 heavy (non-hydrogen) atoms. The lowest BCUT2D eigenvalue weighted by atomic mass is 9.87. The van der Waals surface area contributed by atoms with E-state index in [1.54, 1.807) is 5.01 Å². The number of hydrogen-bond donors (Lipinski definition) is 2. The predicted molar refractivity (Wildman–Crippen MR) is 73.5 cm³/mol. The molecule has 0 aromatic heterocycles. The van der Waals surface area contributed by atoms with E-state index < -0.39 is 0 Å². The van der Waals surface area contributed by atoms with Crippen molar-refractivity contribution in [3.05, 3.63) is 11.9 Å². The van der Waals surface area contributed by atoms with E-state index in [1.807, 2.05) is 13.2 Å². The second-order valence-electron chi connectivity index (χ2n) is 5.77. The summed E-state index contributed by atoms with van der Waals surface area (Å²) in [6, 6.07) is 0. The number of nitrogens with two attached hydrogens (primary N) is 1. The molecule has 0 aromatic rings. The molecule has 4 nitrogen and oxygen atoms in total. The summed E-state index contributed by atoms with van der Waals surface area (Å²) in [7, 11) is 10.7. The van der Waals surface area contributed by atoms with Gasteiger partial charge >= 0.3 is 0 Å². The van der Waals surface area contributed by atoms with E-state index in [4.69, 9.17) is 5.84 Å². The van der Waals surface area contributed by atoms with Crippen LogP contribution >= 0.6 is 0 Å². The van der Waals surface area contributed by atoms with Crippen molar-refractivity contribution >= 4 is 7.85 Å². The molecule has 0 spiro atoms. The van der Waals surface area contributed by atoms with Gasteiger partial charge in [-0.3, -0.25) is 0 Å². The molecule has 3 N–H and O–H groups in total. The number of quaternary nitrogens is 1. The third-order valence-corrected chi connectivity index (χ3v) is 2.25. The smallest absolute Gasteiger partial charge is 0.120 e. The maximum atomic E-state index is 5.93. The topological polar surface area (TPSA) is 41.3 Å². The highest BCUT2D eigenvalue weighted by molar-refractivity contribution is 6.11. The molecule has 0 heterocycles. The van der Waals surface area contributed by atoms with Crippen LogP contribution in [0.15, 0.2) is 11.9 Å². The number of hydrazine groups is 1. The van der Waals surface area contributed by atoms with Crippen molar-refractivity contribution in [2.45, 2.75) is 19.2 Å². The second-order valence-corrected chi connectivity index (χ2v) is 5.77. The Bertz CT molecular complexity index is 221. The van der Waals surface area contributed by atoms with Gasteiger partial charge in [0.25, 0.3) is 0 Å². The average Bonchev–Trinajstić information content (AvgIpc) is 2.11. The summed E-state index contributed by atoms with van der Waals surface area (Å²) in [5, 5.41) is 4.98. The monoisotopic (exact) mass is 227 g/mol. The first-order chi connectivity index (χ1) is 7.24. The van der Waals surface area contributed by atoms with Crippen LogP contribution in [0.2, 0.25) is 5.82 Å². The number of nitrogens with one attached hydrogen (secondary N) is 1. The standard InChI is InChI=1S/C11H28BN4/c1-10(12)6-7-15(13)8-11(14-2)9-16(3,4)5/h8,10,14H,6-7,9,12-13H2,1-5H3/q+1/b11-8-. The van der Waals surface area contributed by atoms with Crippen molar-refractivity contribution in [2.24, 2.45) is 5.84 Å². The molecule has 0 radical (unpaired) electrons. The fourth-order valence-corrected chi connectivity index (χ4v) is 1.37. The van der Waals surface area contributed by atoms with Crippen LogP contribution < -0.4 is 11.2 Å². The van der Waals surface area contributed by atoms with Gasteiger partial charge in [0.2, 0.25) is 0 Å². The van der Waals surface area contributed by atoms with Crippen LogP contribution in [0, 0.1) is 0 Å². The van der Waals surface area contributed by atoms with Crippen molar-refractivity contribution in [3.8, 4) is 0 Å². The first-order valence-corrected chi connectivity index (χ1v) is 5.95. The van der Waals surface area contributed by atoms with E-state index in [0.717, 1.165) is 24.0 Å². The Labute approximate surface area is 101 Å². The van der Waals surface area contributed by atoms with Crippen LogP contribution in [0.5, 0.6) is 0 Å². The lowest BCUT2D eigenvalue weighted by molar-refractivity contribution is -0.865. The number of likely N-dealkylation sites (N-methyl/N-ethyl adjacent to an activating group) is 2. The van der Waals surface area contributed by atoms with Gasteiger partial charge in [0.1, 0.15) is 14.4 Å². The molecule has 0 aliphatic heterocycles. The van der Waals surface area contributed by atoms with Gasteiger partial charge in [0.05, 0.1) is 26.8 Å². The minimum Gasteiger partial charge on any atom is -0.386 e. The van der Waals surface area contributed by atoms with Gasteiger partial charge in [-0.1, -0.05) is 12.7 Å². The van der Waals surface area contributed by atoms with Gasteiger partial charge in [-0.05, 0) is 6.42 Å². The number of hydrogen-bond acceptors (Lipinski definition) is 3. The molecule has 0 saturated carbocycles. The maximum absolute atomic E-state index is 5.93. The van der Waals surface area contributed by atoms with Crippen LogP contribution in [0.1, 0.15) is 13.3 Å². The van der Waals surface area contributed by atoms with E-state index in [-0.39, 0.29) is 0 Å². The van der Waals surface area contributed by atoms with Crippen molar-refractivity contribution in [3.63, 3.8) is 0 Å². The quantitative estimate of drug-likeness (QED) is 0.273. The van der Waals surface area contributed by atoms with Crippen LogP contribution in [0.3, 0.4) is 0 Å². The molecule has 0 saturated heterocycles. The largest absolute Gasteiger partial charge is 0.386 e. The van der Waals surface area contributed by atoms with Crippen molar-refractivity contribution < 1.29 is 4.48 Å². The van der Waals surface area contributed by atoms with E-state index in [9.17, 15) is 0 Å². The molecule has 0 amide bonds. The van der Waals surface area contributed by atoms with Gasteiger partial charge in [-0.15, -0.1) is 0 Å². The zero-order valence-corrected chi connectivity index (χ0v) is 11.7. The van der Waals surface area contributed by atoms with Crippen LogP contribution in [0.4, 0.5) is 0 Å². The van der Waals surface area contributed by atoms with E-state index in [1.165, 1.54) is 5.70 Å². The summed E-state index contributed by atoms with van der Waals surface area (Å²) in [4.78, 5) is 0. The first kappa shape index (κ1) is 15.3. The molecule has 0 rings (SSSR count). The van der Waals surface area contributed by atoms with Gasteiger partial charge < -0.3 is 14.8 Å². The Morgan fingerprint density at radius 3 is 2.44 bits per heavy atom. The molecule has 0 aromatic carbocycles. The summed E-state index contributed by atoms with van der Waals surface area (Å²) >= 11 is 0. The van der Waals surface area contributed by atoms with E-state index in [0.29, 0.717) is 5.82 Å². The maximum Gasteiger partial charge on any atom is 0.120 e. The average molecular weight is 227 g/mol. The fourth-order valence-electron chi connectivity index (χ4n) is 1.37. The van der Waals surface area contributed by atoms with Crippen LogP contribution in [-0.4, -0.2) is 58.6 Å². The zero-order chi connectivity index (χ0) is 12.8. The Balaban J connectivity index is 4.23. The molecule has 0 fully saturated rings. The Kier molecular flexibility index (Phi) is 6.52. The van der Waals surface area contributed by atoms with Gasteiger partial charge in [-0.2, -0.15) is 0 Å². The molecule has 94 valence electrons. The van der Waals surface area contributed by atoms with Gasteiger partial charge in [-0.25, -0.2) is 5.84 Å². The molecular weight excluding hydrogens is 199 g/mol. The summed E-state index contributed by atoms with van der Waals surface area (Å²) in [6.45, 7) is 4.06. The zero-order valence-electron chi connectivity index (χ0n) is 11.7. The molecule has 0 aliphatic rings. The highest BCUT2D eigenvalue weighted by Crippen LogP contribution is 2.04. The minimum atomic E-state index is 0.691. The molecule has 1 atom stereocenters. The lowest BCUT2D eigenvalue weighted by Gasteiger charge is -2.26. The Hall–Kier alpha value is -0.675. The van der Waals surface area contributed by atoms with Crippen LogP contribution in [0.25, 0.3) is 0 Å². The van der Waals surface area contributed by atoms with Crippen molar-refractivity contribution in [2.75, 3.05) is 41.3 Å². The molecule has 1 unspecified atom stereocenters. The molecule has 5 heteroatoms. The summed E-state index contributed by atoms with van der Waals surface area (Å²) < 4.78 is 0.894. The summed E-state index contributed by atoms with van der Waals surface area (Å²) in [6.07, 6.45) is 3.13. The molecular formula is C11H28BN4+. The number of rotatable bonds is 7. The van der Waals surface area contributed by atoms with Crippen LogP contribution in [-0.2, 0) is 0 Å². The highest BCUT2D eigenvalue weighted by atomic mass is 15.4. The lowest BCUT2D eigenvalue weighted by Crippen LogP contribution is -2.40. The first-order valence-electron chi connectivity index (χ1n) is 5.95. The normalized spacial score (nSPS) is 14.8. The summed E-state index contributed by atoms with van der Waals surface area (Å²) in [5.74, 6) is 6.62. The van der Waals surface area contributed by atoms with Gasteiger partial charge in [0.15, 0.2) is 0 Å². The molecule has 0 bridgehead atoms. The third kappa shape index (κ3) is 8.62. The van der Waals surface area contributed by atoms with Gasteiger partial charge in [0, 0.05) is 19.8 Å². The Morgan fingerprint density at radius 2 is 2.06 bits per heavy atom. The van der Waals surface area contributed by atoms with E-state index >= 15 is 0 Å². The highest BCUT2D eigenvalue weighted by Gasteiger charge is 2.10. The fraction of sp³-hybridized carbons (Fsp3) is 0.818. The van der Waals surface area contributed by atoms with Crippen molar-refractivity contribution in [1.29, 1.82) is 0 Å². The Morgan fingerprint density at radius 1 is 1.50 bits per heavy atom. The van der Waals surface area contributed by atoms with Crippen molar-refractivity contribution in [1.82, 2.24) is 10.3 Å². The predicted octanol–water partition coefficient (Wildman–Crippen LogP) is -0.239. The van der Waals surface area contributed by atoms with E-state index in [2.05, 4.69) is 41.2 Å². The molecule has 0 aliphatic carbocycles. The summed E-state index contributed by atoms with van der Waals surface area (Å²) in [5.41, 5.74) is 1.17. The third-order valence-electron chi connectivity index (χ3n) is 2.25. The SMILES string of the molecule is BC(C)CCN(N)/C=C(/C[N+](C)(C)C)NC. The minimum absolute atomic E-state index is 0.691. The second kappa shape index (κ2) is 6.81.